The Labute approximate surface area is 114 Å². The number of nitrogens with two attached hydrogens (primary N) is 1. The first-order chi connectivity index (χ1) is 9.28. The molecular weight excluding hydrogens is 238 g/mol. The van der Waals surface area contributed by atoms with Crippen LogP contribution in [0.2, 0.25) is 0 Å². The molecule has 102 valence electrons. The summed E-state index contributed by atoms with van der Waals surface area (Å²) in [6, 6.07) is 8.41. The van der Waals surface area contributed by atoms with Crippen molar-refractivity contribution in [1.29, 1.82) is 5.26 Å². The maximum Gasteiger partial charge on any atom is 0.136 e. The van der Waals surface area contributed by atoms with Crippen LogP contribution in [0, 0.1) is 11.3 Å². The lowest BCUT2D eigenvalue weighted by Crippen LogP contribution is -2.43. The SMILES string of the molecule is COc1cc(CN2CCCCC2CN)ccc1C#N. The zero-order chi connectivity index (χ0) is 13.7. The van der Waals surface area contributed by atoms with E-state index in [1.807, 2.05) is 18.2 Å². The van der Waals surface area contributed by atoms with E-state index in [1.165, 1.54) is 24.8 Å². The quantitative estimate of drug-likeness (QED) is 0.896. The number of rotatable bonds is 4. The molecule has 0 saturated carbocycles. The van der Waals surface area contributed by atoms with Gasteiger partial charge in [-0.25, -0.2) is 0 Å². The molecule has 4 nitrogen and oxygen atoms in total. The predicted octanol–water partition coefficient (Wildman–Crippen LogP) is 1.88. The molecule has 2 N–H and O–H groups in total. The lowest BCUT2D eigenvalue weighted by atomic mass is 10.0. The molecule has 1 aromatic rings. The van der Waals surface area contributed by atoms with Gasteiger partial charge in [-0.05, 0) is 37.1 Å². The monoisotopic (exact) mass is 259 g/mol. The maximum absolute atomic E-state index is 8.99. The van der Waals surface area contributed by atoms with E-state index in [0.717, 1.165) is 13.1 Å². The summed E-state index contributed by atoms with van der Waals surface area (Å²) in [7, 11) is 1.60. The standard InChI is InChI=1S/C15H21N3O/c1-19-15-8-12(5-6-13(15)9-16)11-18-7-3-2-4-14(18)10-17/h5-6,8,14H,2-4,7,10-11,17H2,1H3. The molecule has 4 heteroatoms. The third-order valence-electron chi connectivity index (χ3n) is 3.79. The van der Waals surface area contributed by atoms with Crippen molar-refractivity contribution in [1.82, 2.24) is 4.90 Å². The highest BCUT2D eigenvalue weighted by atomic mass is 16.5. The van der Waals surface area contributed by atoms with Gasteiger partial charge in [0.05, 0.1) is 12.7 Å². The number of ether oxygens (including phenoxy) is 1. The van der Waals surface area contributed by atoms with Crippen LogP contribution in [0.3, 0.4) is 0 Å². The van der Waals surface area contributed by atoms with Crippen LogP contribution in [-0.4, -0.2) is 31.1 Å². The van der Waals surface area contributed by atoms with Gasteiger partial charge in [0.25, 0.3) is 0 Å². The van der Waals surface area contributed by atoms with Gasteiger partial charge >= 0.3 is 0 Å². The zero-order valence-corrected chi connectivity index (χ0v) is 11.4. The molecule has 1 heterocycles. The van der Waals surface area contributed by atoms with Crippen molar-refractivity contribution in [2.45, 2.75) is 31.8 Å². The minimum absolute atomic E-state index is 0.482. The van der Waals surface area contributed by atoms with Crippen LogP contribution < -0.4 is 10.5 Å². The third kappa shape index (κ3) is 3.25. The van der Waals surface area contributed by atoms with Crippen molar-refractivity contribution in [3.05, 3.63) is 29.3 Å². The molecule has 2 rings (SSSR count). The Morgan fingerprint density at radius 2 is 2.32 bits per heavy atom. The highest BCUT2D eigenvalue weighted by molar-refractivity contribution is 5.45. The van der Waals surface area contributed by atoms with Crippen LogP contribution in [-0.2, 0) is 6.54 Å². The number of piperidine rings is 1. The lowest BCUT2D eigenvalue weighted by Gasteiger charge is -2.35. The molecule has 1 aliphatic heterocycles. The van der Waals surface area contributed by atoms with Crippen molar-refractivity contribution in [3.8, 4) is 11.8 Å². The van der Waals surface area contributed by atoms with Crippen LogP contribution in [0.25, 0.3) is 0 Å². The molecular formula is C15H21N3O. The molecule has 1 fully saturated rings. The minimum Gasteiger partial charge on any atom is -0.495 e. The molecule has 0 amide bonds. The van der Waals surface area contributed by atoms with Crippen LogP contribution in [0.5, 0.6) is 5.75 Å². The summed E-state index contributed by atoms with van der Waals surface area (Å²) in [5.74, 6) is 0.654. The minimum atomic E-state index is 0.482. The van der Waals surface area contributed by atoms with Crippen LogP contribution >= 0.6 is 0 Å². The zero-order valence-electron chi connectivity index (χ0n) is 11.4. The Hall–Kier alpha value is -1.57. The molecule has 0 bridgehead atoms. The maximum atomic E-state index is 8.99. The topological polar surface area (TPSA) is 62.3 Å². The number of benzene rings is 1. The lowest BCUT2D eigenvalue weighted by molar-refractivity contribution is 0.145. The van der Waals surface area contributed by atoms with Gasteiger partial charge < -0.3 is 10.5 Å². The van der Waals surface area contributed by atoms with Gasteiger partial charge in [0.2, 0.25) is 0 Å². The van der Waals surface area contributed by atoms with Gasteiger partial charge in [0, 0.05) is 19.1 Å². The van der Waals surface area contributed by atoms with Gasteiger partial charge in [-0.3, -0.25) is 4.90 Å². The van der Waals surface area contributed by atoms with E-state index in [9.17, 15) is 0 Å². The number of hydrogen-bond donors (Lipinski definition) is 1. The van der Waals surface area contributed by atoms with Crippen LogP contribution in [0.1, 0.15) is 30.4 Å². The first kappa shape index (κ1) is 13.9. The van der Waals surface area contributed by atoms with E-state index in [4.69, 9.17) is 15.7 Å². The first-order valence-corrected chi connectivity index (χ1v) is 6.79. The van der Waals surface area contributed by atoms with Gasteiger partial charge in [0.1, 0.15) is 11.8 Å². The van der Waals surface area contributed by atoms with Crippen molar-refractivity contribution < 1.29 is 4.74 Å². The van der Waals surface area contributed by atoms with E-state index < -0.39 is 0 Å². The Morgan fingerprint density at radius 3 is 3.00 bits per heavy atom. The number of hydrogen-bond acceptors (Lipinski definition) is 4. The normalized spacial score (nSPS) is 19.9. The second kappa shape index (κ2) is 6.55. The summed E-state index contributed by atoms with van der Waals surface area (Å²) in [5, 5.41) is 8.99. The predicted molar refractivity (Wildman–Crippen MR) is 74.8 cm³/mol. The summed E-state index contributed by atoms with van der Waals surface area (Å²) in [6.07, 6.45) is 3.70. The Kier molecular flexibility index (Phi) is 4.78. The van der Waals surface area contributed by atoms with E-state index in [1.54, 1.807) is 7.11 Å². The summed E-state index contributed by atoms with van der Waals surface area (Å²) < 4.78 is 5.25. The number of likely N-dealkylation sites (tertiary alicyclic amines) is 1. The molecule has 1 aliphatic rings. The average Bonchev–Trinajstić information content (AvgIpc) is 2.47. The van der Waals surface area contributed by atoms with E-state index in [2.05, 4.69) is 11.0 Å². The van der Waals surface area contributed by atoms with Gasteiger partial charge in [-0.1, -0.05) is 12.5 Å². The Bertz CT molecular complexity index is 467. The van der Waals surface area contributed by atoms with Crippen molar-refractivity contribution in [2.24, 2.45) is 5.73 Å². The largest absolute Gasteiger partial charge is 0.495 e. The molecule has 1 aromatic carbocycles. The fourth-order valence-corrected chi connectivity index (χ4v) is 2.70. The summed E-state index contributed by atoms with van der Waals surface area (Å²) in [4.78, 5) is 2.43. The molecule has 0 aromatic heterocycles. The smallest absolute Gasteiger partial charge is 0.136 e. The fraction of sp³-hybridized carbons (Fsp3) is 0.533. The van der Waals surface area contributed by atoms with E-state index in [0.29, 0.717) is 23.9 Å². The number of methoxy groups -OCH3 is 1. The van der Waals surface area contributed by atoms with Gasteiger partial charge in [0.15, 0.2) is 0 Å². The summed E-state index contributed by atoms with van der Waals surface area (Å²) in [5.41, 5.74) is 7.60. The molecule has 1 unspecified atom stereocenters. The second-order valence-electron chi connectivity index (χ2n) is 5.00. The van der Waals surface area contributed by atoms with Crippen molar-refractivity contribution in [2.75, 3.05) is 20.2 Å². The molecule has 0 spiro atoms. The Morgan fingerprint density at radius 1 is 1.47 bits per heavy atom. The Balaban J connectivity index is 2.12. The molecule has 1 saturated heterocycles. The van der Waals surface area contributed by atoms with Crippen molar-refractivity contribution >= 4 is 0 Å². The third-order valence-corrected chi connectivity index (χ3v) is 3.79. The van der Waals surface area contributed by atoms with E-state index in [-0.39, 0.29) is 0 Å². The van der Waals surface area contributed by atoms with Crippen LogP contribution in [0.15, 0.2) is 18.2 Å². The van der Waals surface area contributed by atoms with Gasteiger partial charge in [-0.15, -0.1) is 0 Å². The highest BCUT2D eigenvalue weighted by Gasteiger charge is 2.21. The average molecular weight is 259 g/mol. The summed E-state index contributed by atoms with van der Waals surface area (Å²) in [6.45, 7) is 2.70. The second-order valence-corrected chi connectivity index (χ2v) is 5.00. The van der Waals surface area contributed by atoms with Crippen LogP contribution in [0.4, 0.5) is 0 Å². The highest BCUT2D eigenvalue weighted by Crippen LogP contribution is 2.23. The summed E-state index contributed by atoms with van der Waals surface area (Å²) >= 11 is 0. The first-order valence-electron chi connectivity index (χ1n) is 6.79. The fourth-order valence-electron chi connectivity index (χ4n) is 2.70. The molecule has 0 radical (unpaired) electrons. The molecule has 19 heavy (non-hydrogen) atoms. The van der Waals surface area contributed by atoms with Crippen molar-refractivity contribution in [3.63, 3.8) is 0 Å². The van der Waals surface area contributed by atoms with E-state index >= 15 is 0 Å². The number of nitriles is 1. The number of nitrogens with zero attached hydrogens (tertiary/aromatic N) is 2. The molecule has 1 atom stereocenters. The molecule has 0 aliphatic carbocycles. The van der Waals surface area contributed by atoms with Gasteiger partial charge in [-0.2, -0.15) is 5.26 Å².